The van der Waals surface area contributed by atoms with Crippen molar-refractivity contribution in [2.45, 2.75) is 37.4 Å². The number of hydrogen-bond acceptors (Lipinski definition) is 7. The van der Waals surface area contributed by atoms with Gasteiger partial charge in [0.15, 0.2) is 6.23 Å². The molecule has 0 radical (unpaired) electrons. The lowest BCUT2D eigenvalue weighted by atomic mass is 9.93. The number of nitrogens with two attached hydrogens (primary N) is 1. The van der Waals surface area contributed by atoms with E-state index >= 15 is 0 Å². The molecule has 0 bridgehead atoms. The van der Waals surface area contributed by atoms with Crippen molar-refractivity contribution in [2.24, 2.45) is 0 Å². The second-order valence-corrected chi connectivity index (χ2v) is 4.56. The standard InChI is InChI=1S/C11H17N3O5/c1-2-11(5-15)8(17)7(16)9(19-11)14-4-3-6(12)13-10(14)18/h3-4,7-9,15-17H,2,5H2,1H3,(H2,12,13,18)/t7?,8?,9-,11-/m1/s1. The maximum absolute atomic E-state index is 11.7. The zero-order valence-electron chi connectivity index (χ0n) is 10.4. The van der Waals surface area contributed by atoms with Crippen LogP contribution in [0.25, 0.3) is 0 Å². The molecule has 8 nitrogen and oxygen atoms in total. The molecule has 2 unspecified atom stereocenters. The number of aliphatic hydroxyl groups is 3. The minimum absolute atomic E-state index is 0.0539. The van der Waals surface area contributed by atoms with E-state index in [1.54, 1.807) is 6.92 Å². The number of anilines is 1. The summed E-state index contributed by atoms with van der Waals surface area (Å²) in [5.41, 5.74) is 3.40. The van der Waals surface area contributed by atoms with E-state index in [4.69, 9.17) is 10.5 Å². The third kappa shape index (κ3) is 2.12. The molecule has 1 fully saturated rings. The molecule has 1 saturated heterocycles. The summed E-state index contributed by atoms with van der Waals surface area (Å²) in [6, 6.07) is 1.38. The average molecular weight is 271 g/mol. The Kier molecular flexibility index (Phi) is 3.59. The molecule has 1 aliphatic rings. The highest BCUT2D eigenvalue weighted by Crippen LogP contribution is 2.38. The molecule has 106 valence electrons. The van der Waals surface area contributed by atoms with E-state index in [0.717, 1.165) is 4.57 Å². The number of nitrogens with zero attached hydrogens (tertiary/aromatic N) is 2. The van der Waals surface area contributed by atoms with Crippen LogP contribution in [-0.4, -0.2) is 49.3 Å². The first-order valence-electron chi connectivity index (χ1n) is 5.94. The molecular weight excluding hydrogens is 254 g/mol. The van der Waals surface area contributed by atoms with Gasteiger partial charge in [-0.15, -0.1) is 0 Å². The van der Waals surface area contributed by atoms with E-state index in [9.17, 15) is 20.1 Å². The van der Waals surface area contributed by atoms with Gasteiger partial charge in [-0.1, -0.05) is 6.92 Å². The van der Waals surface area contributed by atoms with E-state index in [1.807, 2.05) is 0 Å². The lowest BCUT2D eigenvalue weighted by Crippen LogP contribution is -2.45. The monoisotopic (exact) mass is 271 g/mol. The van der Waals surface area contributed by atoms with E-state index < -0.39 is 36.3 Å². The molecule has 1 aromatic heterocycles. The van der Waals surface area contributed by atoms with Gasteiger partial charge in [-0.2, -0.15) is 4.98 Å². The Morgan fingerprint density at radius 3 is 2.74 bits per heavy atom. The fraction of sp³-hybridized carbons (Fsp3) is 0.636. The first kappa shape index (κ1) is 13.9. The lowest BCUT2D eigenvalue weighted by molar-refractivity contribution is -0.130. The molecule has 0 aliphatic carbocycles. The summed E-state index contributed by atoms with van der Waals surface area (Å²) in [5.74, 6) is 0.0539. The van der Waals surface area contributed by atoms with Crippen molar-refractivity contribution in [1.29, 1.82) is 0 Å². The molecule has 19 heavy (non-hydrogen) atoms. The molecule has 0 saturated carbocycles. The van der Waals surface area contributed by atoms with Crippen molar-refractivity contribution in [3.8, 4) is 0 Å². The molecule has 0 spiro atoms. The van der Waals surface area contributed by atoms with E-state index in [0.29, 0.717) is 0 Å². The van der Waals surface area contributed by atoms with Crippen LogP contribution in [0.15, 0.2) is 17.1 Å². The number of rotatable bonds is 3. The Bertz CT molecular complexity index is 513. The normalized spacial score (nSPS) is 34.6. The summed E-state index contributed by atoms with van der Waals surface area (Å²) in [6.07, 6.45) is -2.13. The Morgan fingerprint density at radius 1 is 1.58 bits per heavy atom. The predicted octanol–water partition coefficient (Wildman–Crippen LogP) is -1.78. The molecule has 8 heteroatoms. The highest BCUT2D eigenvalue weighted by atomic mass is 16.6. The molecule has 0 amide bonds. The van der Waals surface area contributed by atoms with Crippen molar-refractivity contribution in [3.05, 3.63) is 22.7 Å². The molecular formula is C11H17N3O5. The van der Waals surface area contributed by atoms with Gasteiger partial charge in [-0.3, -0.25) is 4.57 Å². The summed E-state index contributed by atoms with van der Waals surface area (Å²) in [4.78, 5) is 15.2. The highest BCUT2D eigenvalue weighted by Gasteiger charge is 2.53. The number of aliphatic hydroxyl groups excluding tert-OH is 3. The molecule has 5 N–H and O–H groups in total. The maximum Gasteiger partial charge on any atom is 0.351 e. The molecule has 0 aromatic carbocycles. The quantitative estimate of drug-likeness (QED) is 0.511. The van der Waals surface area contributed by atoms with Crippen LogP contribution in [0.2, 0.25) is 0 Å². The first-order chi connectivity index (χ1) is 8.95. The van der Waals surface area contributed by atoms with Gasteiger partial charge < -0.3 is 25.8 Å². The molecule has 1 aliphatic heterocycles. The number of hydrogen-bond donors (Lipinski definition) is 4. The van der Waals surface area contributed by atoms with Gasteiger partial charge in [0.05, 0.1) is 6.61 Å². The van der Waals surface area contributed by atoms with Crippen molar-refractivity contribution in [3.63, 3.8) is 0 Å². The van der Waals surface area contributed by atoms with E-state index in [2.05, 4.69) is 4.98 Å². The third-order valence-corrected chi connectivity index (χ3v) is 3.50. The van der Waals surface area contributed by atoms with Crippen molar-refractivity contribution in [1.82, 2.24) is 9.55 Å². The van der Waals surface area contributed by atoms with Gasteiger partial charge >= 0.3 is 5.69 Å². The van der Waals surface area contributed by atoms with Crippen LogP contribution in [0.5, 0.6) is 0 Å². The fourth-order valence-corrected chi connectivity index (χ4v) is 2.22. The summed E-state index contributed by atoms with van der Waals surface area (Å²) >= 11 is 0. The van der Waals surface area contributed by atoms with Gasteiger partial charge in [-0.25, -0.2) is 4.79 Å². The summed E-state index contributed by atoms with van der Waals surface area (Å²) in [5, 5.41) is 29.4. The average Bonchev–Trinajstić information content (AvgIpc) is 2.64. The van der Waals surface area contributed by atoms with Crippen LogP contribution < -0.4 is 11.4 Å². The number of aromatic nitrogens is 2. The van der Waals surface area contributed by atoms with Crippen LogP contribution in [0.3, 0.4) is 0 Å². The van der Waals surface area contributed by atoms with Crippen LogP contribution in [0.4, 0.5) is 5.82 Å². The Morgan fingerprint density at radius 2 is 2.26 bits per heavy atom. The highest BCUT2D eigenvalue weighted by molar-refractivity contribution is 5.23. The van der Waals surface area contributed by atoms with Crippen LogP contribution in [-0.2, 0) is 4.74 Å². The van der Waals surface area contributed by atoms with Crippen LogP contribution >= 0.6 is 0 Å². The van der Waals surface area contributed by atoms with E-state index in [1.165, 1.54) is 12.3 Å². The SMILES string of the molecule is CC[C@]1(CO)O[C@@H](n2ccc(N)nc2=O)C(O)C1O. The summed E-state index contributed by atoms with van der Waals surface area (Å²) < 4.78 is 6.55. The van der Waals surface area contributed by atoms with Gasteiger partial charge in [-0.05, 0) is 12.5 Å². The number of nitrogen functional groups attached to an aromatic ring is 1. The van der Waals surface area contributed by atoms with Crippen LogP contribution in [0, 0.1) is 0 Å². The van der Waals surface area contributed by atoms with Gasteiger partial charge in [0.2, 0.25) is 0 Å². The van der Waals surface area contributed by atoms with Crippen LogP contribution in [0.1, 0.15) is 19.6 Å². The number of ether oxygens (including phenoxy) is 1. The molecule has 2 rings (SSSR count). The minimum atomic E-state index is -1.34. The fourth-order valence-electron chi connectivity index (χ4n) is 2.22. The second-order valence-electron chi connectivity index (χ2n) is 4.56. The zero-order chi connectivity index (χ0) is 14.2. The maximum atomic E-state index is 11.7. The topological polar surface area (TPSA) is 131 Å². The van der Waals surface area contributed by atoms with Gasteiger partial charge in [0.25, 0.3) is 0 Å². The summed E-state index contributed by atoms with van der Waals surface area (Å²) in [7, 11) is 0. The predicted molar refractivity (Wildman–Crippen MR) is 65.2 cm³/mol. The third-order valence-electron chi connectivity index (χ3n) is 3.50. The van der Waals surface area contributed by atoms with Gasteiger partial charge in [0.1, 0.15) is 23.6 Å². The first-order valence-corrected chi connectivity index (χ1v) is 5.94. The minimum Gasteiger partial charge on any atom is -0.393 e. The Labute approximate surface area is 109 Å². The molecule has 4 atom stereocenters. The van der Waals surface area contributed by atoms with Crippen molar-refractivity contribution >= 4 is 5.82 Å². The van der Waals surface area contributed by atoms with Crippen molar-refractivity contribution < 1.29 is 20.1 Å². The lowest BCUT2D eigenvalue weighted by Gasteiger charge is -2.28. The van der Waals surface area contributed by atoms with Crippen molar-refractivity contribution in [2.75, 3.05) is 12.3 Å². The van der Waals surface area contributed by atoms with Gasteiger partial charge in [0, 0.05) is 6.20 Å². The summed E-state index contributed by atoms with van der Waals surface area (Å²) in [6.45, 7) is 1.24. The second kappa shape index (κ2) is 4.89. The Hall–Kier alpha value is -1.48. The molecule has 2 heterocycles. The van der Waals surface area contributed by atoms with E-state index in [-0.39, 0.29) is 12.2 Å². The largest absolute Gasteiger partial charge is 0.393 e. The smallest absolute Gasteiger partial charge is 0.351 e. The Balaban J connectivity index is 2.39. The molecule has 1 aromatic rings. The zero-order valence-corrected chi connectivity index (χ0v) is 10.4.